The van der Waals surface area contributed by atoms with Crippen molar-refractivity contribution < 1.29 is 13.2 Å². The minimum atomic E-state index is -3.37. The van der Waals surface area contributed by atoms with E-state index >= 15 is 0 Å². The number of hydrogen-bond acceptors (Lipinski definition) is 4. The molecule has 0 aliphatic rings. The largest absolute Gasteiger partial charge is 0.497 e. The first-order valence-electron chi connectivity index (χ1n) is 6.01. The second kappa shape index (κ2) is 5.92. The maximum absolute atomic E-state index is 12.0. The summed E-state index contributed by atoms with van der Waals surface area (Å²) in [5.41, 5.74) is 1.42. The van der Waals surface area contributed by atoms with Gasteiger partial charge in [-0.15, -0.1) is 0 Å². The molecule has 6 heteroatoms. The highest BCUT2D eigenvalue weighted by Gasteiger charge is 2.17. The summed E-state index contributed by atoms with van der Waals surface area (Å²) in [6.07, 6.45) is 4.50. The molecule has 1 aromatic carbocycles. The van der Waals surface area contributed by atoms with Gasteiger partial charge in [-0.2, -0.15) is 0 Å². The molecule has 0 N–H and O–H groups in total. The lowest BCUT2D eigenvalue weighted by Gasteiger charge is -2.22. The summed E-state index contributed by atoms with van der Waals surface area (Å²) in [6, 6.07) is 10.5. The number of benzene rings is 1. The van der Waals surface area contributed by atoms with Crippen LogP contribution in [0, 0.1) is 0 Å². The van der Waals surface area contributed by atoms with Crippen molar-refractivity contribution in [1.82, 2.24) is 4.98 Å². The van der Waals surface area contributed by atoms with Crippen LogP contribution < -0.4 is 9.04 Å². The Morgan fingerprint density at radius 2 is 1.90 bits per heavy atom. The Morgan fingerprint density at radius 3 is 2.40 bits per heavy atom. The van der Waals surface area contributed by atoms with E-state index in [1.807, 2.05) is 6.07 Å². The Morgan fingerprint density at radius 1 is 1.20 bits per heavy atom. The maximum Gasteiger partial charge on any atom is 0.232 e. The summed E-state index contributed by atoms with van der Waals surface area (Å²) in [5.74, 6) is 0.684. The molecule has 0 spiro atoms. The number of hydrogen-bond donors (Lipinski definition) is 0. The third-order valence-electron chi connectivity index (χ3n) is 2.81. The fourth-order valence-corrected chi connectivity index (χ4v) is 2.69. The van der Waals surface area contributed by atoms with Crippen LogP contribution in [-0.4, -0.2) is 26.8 Å². The summed E-state index contributed by atoms with van der Waals surface area (Å²) in [4.78, 5) is 4.00. The van der Waals surface area contributed by atoms with Crippen LogP contribution in [0.2, 0.25) is 0 Å². The lowest BCUT2D eigenvalue weighted by molar-refractivity contribution is 0.415. The summed E-state index contributed by atoms with van der Waals surface area (Å²) in [7, 11) is -1.80. The first-order valence-corrected chi connectivity index (χ1v) is 7.86. The Balaban J connectivity index is 2.33. The molecule has 0 bridgehead atoms. The maximum atomic E-state index is 12.0. The molecular weight excluding hydrogens is 276 g/mol. The molecule has 0 radical (unpaired) electrons. The molecule has 106 valence electrons. The van der Waals surface area contributed by atoms with Gasteiger partial charge in [0.2, 0.25) is 10.0 Å². The van der Waals surface area contributed by atoms with Gasteiger partial charge in [-0.1, -0.05) is 6.07 Å². The highest BCUT2D eigenvalue weighted by molar-refractivity contribution is 7.92. The number of methoxy groups -OCH3 is 1. The molecule has 0 saturated carbocycles. The van der Waals surface area contributed by atoms with E-state index in [0.29, 0.717) is 11.4 Å². The minimum Gasteiger partial charge on any atom is -0.497 e. The molecule has 0 atom stereocenters. The average Bonchev–Trinajstić information content (AvgIpc) is 2.45. The molecule has 2 rings (SSSR count). The van der Waals surface area contributed by atoms with Gasteiger partial charge in [0, 0.05) is 12.4 Å². The second-order valence-electron chi connectivity index (χ2n) is 4.33. The fourth-order valence-electron chi connectivity index (χ4n) is 1.81. The van der Waals surface area contributed by atoms with E-state index in [-0.39, 0.29) is 6.54 Å². The zero-order valence-corrected chi connectivity index (χ0v) is 12.2. The highest BCUT2D eigenvalue weighted by atomic mass is 32.2. The Kier molecular flexibility index (Phi) is 4.24. The van der Waals surface area contributed by atoms with E-state index < -0.39 is 10.0 Å². The number of sulfonamides is 1. The van der Waals surface area contributed by atoms with Crippen molar-refractivity contribution in [3.05, 3.63) is 54.4 Å². The van der Waals surface area contributed by atoms with Crippen LogP contribution in [-0.2, 0) is 16.6 Å². The van der Waals surface area contributed by atoms with Crippen LogP contribution in [0.3, 0.4) is 0 Å². The van der Waals surface area contributed by atoms with Crippen LogP contribution in [0.4, 0.5) is 5.69 Å². The SMILES string of the molecule is COc1ccc(N(Cc2cccnc2)S(C)(=O)=O)cc1. The van der Waals surface area contributed by atoms with Gasteiger partial charge in [0.1, 0.15) is 5.75 Å². The van der Waals surface area contributed by atoms with Gasteiger partial charge in [0.15, 0.2) is 0 Å². The van der Waals surface area contributed by atoms with Crippen LogP contribution in [0.1, 0.15) is 5.56 Å². The van der Waals surface area contributed by atoms with Crippen LogP contribution >= 0.6 is 0 Å². The first kappa shape index (κ1) is 14.3. The van der Waals surface area contributed by atoms with Crippen molar-refractivity contribution in [2.45, 2.75) is 6.54 Å². The van der Waals surface area contributed by atoms with E-state index in [9.17, 15) is 8.42 Å². The highest BCUT2D eigenvalue weighted by Crippen LogP contribution is 2.23. The molecule has 0 fully saturated rings. The molecule has 0 amide bonds. The molecule has 1 heterocycles. The van der Waals surface area contributed by atoms with E-state index in [1.54, 1.807) is 49.8 Å². The predicted molar refractivity (Wildman–Crippen MR) is 78.3 cm³/mol. The van der Waals surface area contributed by atoms with E-state index in [4.69, 9.17) is 4.74 Å². The van der Waals surface area contributed by atoms with Crippen molar-refractivity contribution in [1.29, 1.82) is 0 Å². The quantitative estimate of drug-likeness (QED) is 0.846. The van der Waals surface area contributed by atoms with Crippen LogP contribution in [0.5, 0.6) is 5.75 Å². The standard InChI is InChI=1S/C14H16N2O3S/c1-19-14-7-5-13(6-8-14)16(20(2,17)18)11-12-4-3-9-15-10-12/h3-10H,11H2,1-2H3. The van der Waals surface area contributed by atoms with Gasteiger partial charge >= 0.3 is 0 Å². The predicted octanol–water partition coefficient (Wildman–Crippen LogP) is 2.06. The van der Waals surface area contributed by atoms with Crippen molar-refractivity contribution >= 4 is 15.7 Å². The fraction of sp³-hybridized carbons (Fsp3) is 0.214. The van der Waals surface area contributed by atoms with Crippen molar-refractivity contribution in [2.75, 3.05) is 17.7 Å². The Hall–Kier alpha value is -2.08. The summed E-state index contributed by atoms with van der Waals surface area (Å²) < 4.78 is 30.3. The summed E-state index contributed by atoms with van der Waals surface area (Å²) in [5, 5.41) is 0. The average molecular weight is 292 g/mol. The number of ether oxygens (including phenoxy) is 1. The monoisotopic (exact) mass is 292 g/mol. The molecule has 0 unspecified atom stereocenters. The zero-order valence-electron chi connectivity index (χ0n) is 11.4. The van der Waals surface area contributed by atoms with Crippen LogP contribution in [0.25, 0.3) is 0 Å². The van der Waals surface area contributed by atoms with Crippen LogP contribution in [0.15, 0.2) is 48.8 Å². The Bertz CT molecular complexity index is 655. The van der Waals surface area contributed by atoms with Gasteiger partial charge in [-0.3, -0.25) is 9.29 Å². The number of nitrogens with zero attached hydrogens (tertiary/aromatic N) is 2. The number of pyridine rings is 1. The molecule has 0 aliphatic carbocycles. The van der Waals surface area contributed by atoms with E-state index in [2.05, 4.69) is 4.98 Å². The van der Waals surface area contributed by atoms with Crippen molar-refractivity contribution in [3.63, 3.8) is 0 Å². The number of aromatic nitrogens is 1. The molecule has 0 aliphatic heterocycles. The zero-order chi connectivity index (χ0) is 14.6. The lowest BCUT2D eigenvalue weighted by atomic mass is 10.2. The molecule has 1 aromatic heterocycles. The lowest BCUT2D eigenvalue weighted by Crippen LogP contribution is -2.29. The molecule has 5 nitrogen and oxygen atoms in total. The third kappa shape index (κ3) is 3.48. The topological polar surface area (TPSA) is 59.5 Å². The van der Waals surface area contributed by atoms with Crippen molar-refractivity contribution in [3.8, 4) is 5.75 Å². The first-order chi connectivity index (χ1) is 9.50. The Labute approximate surface area is 118 Å². The van der Waals surface area contributed by atoms with Crippen molar-refractivity contribution in [2.24, 2.45) is 0 Å². The third-order valence-corrected chi connectivity index (χ3v) is 3.95. The van der Waals surface area contributed by atoms with Gasteiger partial charge in [0.25, 0.3) is 0 Å². The summed E-state index contributed by atoms with van der Waals surface area (Å²) in [6.45, 7) is 0.249. The second-order valence-corrected chi connectivity index (χ2v) is 6.24. The number of rotatable bonds is 5. The van der Waals surface area contributed by atoms with Gasteiger partial charge in [-0.05, 0) is 35.9 Å². The van der Waals surface area contributed by atoms with Gasteiger partial charge in [0.05, 0.1) is 25.6 Å². The van der Waals surface area contributed by atoms with E-state index in [0.717, 1.165) is 5.56 Å². The number of anilines is 1. The van der Waals surface area contributed by atoms with E-state index in [1.165, 1.54) is 10.6 Å². The van der Waals surface area contributed by atoms with Gasteiger partial charge < -0.3 is 4.74 Å². The molecule has 2 aromatic rings. The molecule has 20 heavy (non-hydrogen) atoms. The molecular formula is C14H16N2O3S. The van der Waals surface area contributed by atoms with Gasteiger partial charge in [-0.25, -0.2) is 8.42 Å². The summed E-state index contributed by atoms with van der Waals surface area (Å²) >= 11 is 0. The minimum absolute atomic E-state index is 0.249. The smallest absolute Gasteiger partial charge is 0.232 e. The molecule has 0 saturated heterocycles. The normalized spacial score (nSPS) is 11.1.